The summed E-state index contributed by atoms with van der Waals surface area (Å²) in [6.45, 7) is -6.75. The molecule has 0 aliphatic carbocycles. The molecule has 0 saturated heterocycles. The Morgan fingerprint density at radius 1 is 0.181 bits per heavy atom. The summed E-state index contributed by atoms with van der Waals surface area (Å²) in [6, 6.07) is 0. The Morgan fingerprint density at radius 2 is 0.236 bits per heavy atom. The van der Waals surface area contributed by atoms with Crippen molar-refractivity contribution in [2.75, 3.05) is 118 Å². The third kappa shape index (κ3) is 89.2. The zero-order valence-electron chi connectivity index (χ0n) is 55.7. The summed E-state index contributed by atoms with van der Waals surface area (Å²) < 4.78 is 0. The van der Waals surface area contributed by atoms with Gasteiger partial charge in [0, 0.05) is 39.3 Å². The maximum Gasteiger partial charge on any atom is 1.00 e. The van der Waals surface area contributed by atoms with E-state index in [1.165, 1.54) is 0 Å². The third-order valence-corrected chi connectivity index (χ3v) is 6.50. The fraction of sp³-hybridized carbons (Fsp3) is 0.600. The van der Waals surface area contributed by atoms with Gasteiger partial charge < -0.3 is 78.4 Å². The zero-order chi connectivity index (χ0) is 47.1. The number of carboxylic acid groups (broad SMARTS) is 12. The first kappa shape index (κ1) is 116. The number of carbonyl (C=O) groups is 12. The average molecular weight is 1160 g/mol. The first-order valence-electron chi connectivity index (χ1n) is 16.6. The molecule has 0 amide bonds. The van der Waals surface area contributed by atoms with Crippen LogP contribution >= 0.6 is 0 Å². The van der Waals surface area contributed by atoms with Gasteiger partial charge in [-0.15, -0.1) is 0 Å². The molecule has 0 aromatic carbocycles. The van der Waals surface area contributed by atoms with Crippen molar-refractivity contribution in [3.63, 3.8) is 0 Å². The van der Waals surface area contributed by atoms with Crippen molar-refractivity contribution in [3.8, 4) is 0 Å². The molecule has 12 N–H and O–H groups in total. The van der Waals surface area contributed by atoms with Crippen molar-refractivity contribution in [3.05, 3.63) is 0 Å². The maximum absolute atomic E-state index is 10.6. The van der Waals surface area contributed by atoms with Gasteiger partial charge in [0.1, 0.15) is 0 Å². The van der Waals surface area contributed by atoms with E-state index in [1.54, 1.807) is 0 Å². The topological polar surface area (TPSA) is 467 Å². The zero-order valence-corrected chi connectivity index (χ0v) is 67.7. The van der Waals surface area contributed by atoms with Crippen molar-refractivity contribution >= 4 is 71.6 Å². The van der Waals surface area contributed by atoms with E-state index < -0.39 is 150 Å². The van der Waals surface area contributed by atoms with Gasteiger partial charge in [-0.05, 0) is 0 Å². The average Bonchev–Trinajstić information content (AvgIpc) is 3.02. The molecule has 0 rings (SSSR count). The number of carboxylic acids is 12. The van der Waals surface area contributed by atoms with Crippen molar-refractivity contribution in [1.82, 2.24) is 29.4 Å². The van der Waals surface area contributed by atoms with Gasteiger partial charge in [-0.1, -0.05) is 0 Å². The van der Waals surface area contributed by atoms with Crippen molar-refractivity contribution < 1.29 is 491 Å². The minimum atomic E-state index is -1.23. The van der Waals surface area contributed by atoms with Crippen LogP contribution < -0.4 is 355 Å². The summed E-state index contributed by atoms with van der Waals surface area (Å²) in [7, 11) is 0. The molecule has 0 bridgehead atoms. The summed E-state index contributed by atoms with van der Waals surface area (Å²) in [6.07, 6.45) is 0. The fourth-order valence-corrected chi connectivity index (χ4v) is 4.43. The van der Waals surface area contributed by atoms with Crippen LogP contribution in [0.25, 0.3) is 0 Å². The maximum atomic E-state index is 10.6. The molecule has 0 aliphatic heterocycles. The van der Waals surface area contributed by atoms with E-state index >= 15 is 0 Å². The van der Waals surface area contributed by atoms with Crippen molar-refractivity contribution in [2.45, 2.75) is 0 Å². The SMILES string of the molecule is O=C(O)CN(CCN(CC(=O)O)CC(=O)O)CC(=O)O.O=C(O)CN(CCN(CC(=O)O)CC(=O)O)CC(=O)O.O=C(O)CN(CCN(CC(=O)O)CC(=O)O)CC(=O)O.[H-].[H-].[H-].[H-].[H-].[H-].[H-].[H-].[H-].[H-].[H-].[H-].[Na+].[Na+].[Na+].[Na+].[Na+].[Na+].[Na+].[Na+].[Na+].[Na+].[Na+].[Na+]. The molecule has 0 heterocycles. The first-order valence-corrected chi connectivity index (χ1v) is 16.6. The molecule has 0 aromatic rings. The predicted molar refractivity (Wildman–Crippen MR) is 204 cm³/mol. The molecule has 0 atom stereocenters. The largest absolute Gasteiger partial charge is 1.00 e. The van der Waals surface area contributed by atoms with E-state index in [1.807, 2.05) is 0 Å². The number of aliphatic carboxylic acids is 12. The molecule has 42 heteroatoms. The molecule has 0 saturated carbocycles. The molecular weight excluding hydrogens is 1100 g/mol. The monoisotopic (exact) mass is 1160 g/mol. The summed E-state index contributed by atoms with van der Waals surface area (Å²) in [4.78, 5) is 133. The van der Waals surface area contributed by atoms with E-state index in [0.717, 1.165) is 29.4 Å². The van der Waals surface area contributed by atoms with Gasteiger partial charge in [-0.3, -0.25) is 86.9 Å². The van der Waals surface area contributed by atoms with Crippen LogP contribution in [-0.4, -0.2) is 280 Å². The Bertz CT molecular complexity index is 1210. The Balaban J connectivity index is -0.0000000203. The van der Waals surface area contributed by atoms with E-state index in [0.29, 0.717) is 0 Å². The van der Waals surface area contributed by atoms with Crippen LogP contribution in [0.2, 0.25) is 0 Å². The number of nitrogens with zero attached hydrogens (tertiary/aromatic N) is 6. The predicted octanol–water partition coefficient (Wildman–Crippen LogP) is -40.8. The van der Waals surface area contributed by atoms with Crippen molar-refractivity contribution in [2.24, 2.45) is 0 Å². The van der Waals surface area contributed by atoms with Gasteiger partial charge in [0.15, 0.2) is 0 Å². The van der Waals surface area contributed by atoms with Crippen LogP contribution in [0.3, 0.4) is 0 Å². The van der Waals surface area contributed by atoms with Crippen LogP contribution in [0, 0.1) is 0 Å². The standard InChI is InChI=1S/3C10H16N2O8.12Na.12H/c3*13-7(14)3-11(4-8(15)16)1-2-12(5-9(17)18)6-10(19)20;;;;;;;;;;;;;;;;;;;;;;;;/h3*1-6H2,(H,13,14)(H,15,16)(H,17,18)(H,19,20);;;;;;;;;;;;;;;;;;;;;;;;/q;;;12*+1;12*-1. The second-order valence-electron chi connectivity index (χ2n) is 12.0. The first-order chi connectivity index (χ1) is 27.6. The Hall–Kier alpha value is 5.40. The number of hydrogen-bond donors (Lipinski definition) is 12. The van der Waals surface area contributed by atoms with Gasteiger partial charge in [0.2, 0.25) is 0 Å². The van der Waals surface area contributed by atoms with E-state index in [2.05, 4.69) is 0 Å². The van der Waals surface area contributed by atoms with Gasteiger partial charge >= 0.3 is 426 Å². The Kier molecular flexibility index (Phi) is 117. The van der Waals surface area contributed by atoms with Gasteiger partial charge in [-0.25, -0.2) is 0 Å². The summed E-state index contributed by atoms with van der Waals surface area (Å²) in [5.74, 6) is -14.7. The molecule has 30 nitrogen and oxygen atoms in total. The molecule has 0 radical (unpaired) electrons. The Labute approximate surface area is 696 Å². The normalized spacial score (nSPS) is 8.92. The molecule has 0 unspecified atom stereocenters. The van der Waals surface area contributed by atoms with Crippen LogP contribution in [-0.2, 0) is 57.5 Å². The minimum absolute atomic E-state index is 0. The van der Waals surface area contributed by atoms with E-state index in [4.69, 9.17) is 61.3 Å². The van der Waals surface area contributed by atoms with E-state index in [9.17, 15) is 57.5 Å². The smallest absolute Gasteiger partial charge is 1.00 e. The molecule has 0 aromatic heterocycles. The van der Waals surface area contributed by atoms with Crippen molar-refractivity contribution in [1.29, 1.82) is 0 Å². The molecule has 366 valence electrons. The number of rotatable bonds is 33. The third-order valence-electron chi connectivity index (χ3n) is 6.50. The molecular formula is C30H60N6Na12O24. The van der Waals surface area contributed by atoms with Crippen LogP contribution in [0.5, 0.6) is 0 Å². The number of hydrogen-bond acceptors (Lipinski definition) is 18. The molecule has 0 fully saturated rings. The van der Waals surface area contributed by atoms with Gasteiger partial charge in [0.05, 0.1) is 78.5 Å². The molecule has 0 spiro atoms. The second kappa shape index (κ2) is 72.5. The molecule has 72 heavy (non-hydrogen) atoms. The fourth-order valence-electron chi connectivity index (χ4n) is 4.43. The second-order valence-corrected chi connectivity index (χ2v) is 12.0. The summed E-state index contributed by atoms with van der Waals surface area (Å²) in [5.41, 5.74) is 0. The van der Waals surface area contributed by atoms with Gasteiger partial charge in [0.25, 0.3) is 0 Å². The summed E-state index contributed by atoms with van der Waals surface area (Å²) in [5, 5.41) is 103. The minimum Gasteiger partial charge on any atom is -1.00 e. The Morgan fingerprint density at radius 3 is 0.278 bits per heavy atom. The van der Waals surface area contributed by atoms with Crippen LogP contribution in [0.15, 0.2) is 0 Å². The van der Waals surface area contributed by atoms with Crippen LogP contribution in [0.4, 0.5) is 0 Å². The molecule has 0 aliphatic rings. The van der Waals surface area contributed by atoms with Gasteiger partial charge in [-0.2, -0.15) is 0 Å². The summed E-state index contributed by atoms with van der Waals surface area (Å²) >= 11 is 0. The van der Waals surface area contributed by atoms with E-state index in [-0.39, 0.29) is 411 Å². The quantitative estimate of drug-likeness (QED) is 0.0272. The van der Waals surface area contributed by atoms with Crippen LogP contribution in [0.1, 0.15) is 17.1 Å².